The fraction of sp³-hybridized carbons (Fsp3) is 0.133. The van der Waals surface area contributed by atoms with E-state index in [1.165, 1.54) is 17.2 Å². The predicted molar refractivity (Wildman–Crippen MR) is 72.2 cm³/mol. The number of fused-ring (bicyclic) bond motifs is 1. The zero-order chi connectivity index (χ0) is 12.4. The molecule has 1 aromatic heterocycles. The first kappa shape index (κ1) is 11.0. The van der Waals surface area contributed by atoms with Gasteiger partial charge in [0, 0.05) is 12.1 Å². The van der Waals surface area contributed by atoms with Crippen molar-refractivity contribution in [2.75, 3.05) is 7.05 Å². The van der Waals surface area contributed by atoms with E-state index in [9.17, 15) is 0 Å². The largest absolute Gasteiger partial charge is 0.443 e. The van der Waals surface area contributed by atoms with E-state index in [-0.39, 0.29) is 0 Å². The number of rotatable bonds is 3. The summed E-state index contributed by atoms with van der Waals surface area (Å²) in [5.41, 5.74) is 2.00. The van der Waals surface area contributed by atoms with Gasteiger partial charge in [0.05, 0.1) is 0 Å². The van der Waals surface area contributed by atoms with E-state index < -0.39 is 0 Å². The van der Waals surface area contributed by atoms with Gasteiger partial charge in [-0.25, -0.2) is 4.98 Å². The molecule has 0 amide bonds. The van der Waals surface area contributed by atoms with Crippen LogP contribution in [-0.4, -0.2) is 12.0 Å². The van der Waals surface area contributed by atoms with Gasteiger partial charge in [-0.1, -0.05) is 36.4 Å². The first-order chi connectivity index (χ1) is 8.88. The van der Waals surface area contributed by atoms with Gasteiger partial charge in [-0.3, -0.25) is 0 Å². The summed E-state index contributed by atoms with van der Waals surface area (Å²) in [5, 5.41) is 5.54. The molecule has 0 fully saturated rings. The van der Waals surface area contributed by atoms with Crippen LogP contribution in [-0.2, 0) is 6.54 Å². The maximum absolute atomic E-state index is 5.50. The van der Waals surface area contributed by atoms with Gasteiger partial charge in [-0.2, -0.15) is 0 Å². The van der Waals surface area contributed by atoms with Crippen LogP contribution in [0.2, 0.25) is 0 Å². The summed E-state index contributed by atoms with van der Waals surface area (Å²) in [4.78, 5) is 4.23. The van der Waals surface area contributed by atoms with E-state index >= 15 is 0 Å². The van der Waals surface area contributed by atoms with Gasteiger partial charge < -0.3 is 9.73 Å². The number of hydrogen-bond acceptors (Lipinski definition) is 3. The Balaban J connectivity index is 2.10. The smallest absolute Gasteiger partial charge is 0.181 e. The van der Waals surface area contributed by atoms with Crippen LogP contribution in [0.4, 0.5) is 0 Å². The lowest BCUT2D eigenvalue weighted by Gasteiger charge is -2.03. The van der Waals surface area contributed by atoms with Gasteiger partial charge in [-0.05, 0) is 23.9 Å². The lowest BCUT2D eigenvalue weighted by atomic mass is 10.0. The first-order valence-electron chi connectivity index (χ1n) is 5.94. The minimum atomic E-state index is 0.707. The molecule has 1 N–H and O–H groups in total. The van der Waals surface area contributed by atoms with E-state index in [0.29, 0.717) is 6.54 Å². The van der Waals surface area contributed by atoms with Gasteiger partial charge >= 0.3 is 0 Å². The molecule has 3 heteroatoms. The molecule has 0 saturated carbocycles. The van der Waals surface area contributed by atoms with Crippen LogP contribution in [0, 0.1) is 0 Å². The fourth-order valence-electron chi connectivity index (χ4n) is 2.13. The minimum Gasteiger partial charge on any atom is -0.443 e. The molecular weight excluding hydrogens is 224 g/mol. The van der Waals surface area contributed by atoms with Crippen molar-refractivity contribution in [1.29, 1.82) is 0 Å². The number of nitrogens with one attached hydrogen (secondary N) is 1. The number of aromatic nitrogens is 1. The normalized spacial score (nSPS) is 10.9. The van der Waals surface area contributed by atoms with E-state index in [1.54, 1.807) is 0 Å². The van der Waals surface area contributed by atoms with E-state index in [1.807, 2.05) is 19.2 Å². The summed E-state index contributed by atoms with van der Waals surface area (Å²) >= 11 is 0. The van der Waals surface area contributed by atoms with Gasteiger partial charge in [0.15, 0.2) is 12.2 Å². The second-order valence-electron chi connectivity index (χ2n) is 4.22. The summed E-state index contributed by atoms with van der Waals surface area (Å²) < 4.78 is 5.50. The van der Waals surface area contributed by atoms with Crippen LogP contribution in [0.15, 0.2) is 53.3 Å². The Labute approximate surface area is 105 Å². The summed E-state index contributed by atoms with van der Waals surface area (Å²) in [5.74, 6) is 0.843. The Morgan fingerprint density at radius 1 is 1.11 bits per heavy atom. The standard InChI is InChI=1S/C15H14N2O/c1-16-9-14-15(18-10-17-14)13-7-6-11-4-2-3-5-12(11)8-13/h2-8,10,16H,9H2,1H3. The molecule has 0 radical (unpaired) electrons. The fourth-order valence-corrected chi connectivity index (χ4v) is 2.13. The minimum absolute atomic E-state index is 0.707. The SMILES string of the molecule is CNCc1ncoc1-c1ccc2ccccc2c1. The summed E-state index contributed by atoms with van der Waals surface area (Å²) in [6.07, 6.45) is 1.50. The highest BCUT2D eigenvalue weighted by Crippen LogP contribution is 2.26. The van der Waals surface area contributed by atoms with Crippen molar-refractivity contribution in [2.45, 2.75) is 6.54 Å². The topological polar surface area (TPSA) is 38.1 Å². The summed E-state index contributed by atoms with van der Waals surface area (Å²) in [6.45, 7) is 0.707. The monoisotopic (exact) mass is 238 g/mol. The van der Waals surface area contributed by atoms with Crippen LogP contribution in [0.5, 0.6) is 0 Å². The number of nitrogens with zero attached hydrogens (tertiary/aromatic N) is 1. The number of oxazole rings is 1. The lowest BCUT2D eigenvalue weighted by Crippen LogP contribution is -2.06. The Morgan fingerprint density at radius 2 is 1.94 bits per heavy atom. The molecule has 0 unspecified atom stereocenters. The van der Waals surface area contributed by atoms with Gasteiger partial charge in [0.1, 0.15) is 5.69 Å². The Bertz CT molecular complexity index is 673. The second kappa shape index (κ2) is 4.63. The van der Waals surface area contributed by atoms with Crippen molar-refractivity contribution < 1.29 is 4.42 Å². The zero-order valence-electron chi connectivity index (χ0n) is 10.2. The van der Waals surface area contributed by atoms with Crippen molar-refractivity contribution in [3.8, 4) is 11.3 Å². The van der Waals surface area contributed by atoms with Crippen LogP contribution < -0.4 is 5.32 Å². The molecule has 0 spiro atoms. The average Bonchev–Trinajstić information content (AvgIpc) is 2.87. The molecule has 0 atom stereocenters. The molecule has 1 heterocycles. The molecule has 0 aliphatic heterocycles. The van der Waals surface area contributed by atoms with Crippen LogP contribution in [0.3, 0.4) is 0 Å². The van der Waals surface area contributed by atoms with Gasteiger partial charge in [-0.15, -0.1) is 0 Å². The maximum Gasteiger partial charge on any atom is 0.181 e. The summed E-state index contributed by atoms with van der Waals surface area (Å²) in [6, 6.07) is 14.6. The highest BCUT2D eigenvalue weighted by Gasteiger charge is 2.10. The molecule has 3 aromatic rings. The van der Waals surface area contributed by atoms with Crippen LogP contribution >= 0.6 is 0 Å². The van der Waals surface area contributed by atoms with Crippen molar-refractivity contribution in [1.82, 2.24) is 10.3 Å². The molecule has 0 aliphatic rings. The molecule has 18 heavy (non-hydrogen) atoms. The van der Waals surface area contributed by atoms with Crippen molar-refractivity contribution >= 4 is 10.8 Å². The highest BCUT2D eigenvalue weighted by atomic mass is 16.3. The van der Waals surface area contributed by atoms with Crippen LogP contribution in [0.25, 0.3) is 22.1 Å². The third-order valence-electron chi connectivity index (χ3n) is 3.00. The molecule has 0 aliphatic carbocycles. The van der Waals surface area contributed by atoms with Crippen molar-refractivity contribution in [3.05, 3.63) is 54.6 Å². The van der Waals surface area contributed by atoms with Crippen LogP contribution in [0.1, 0.15) is 5.69 Å². The first-order valence-corrected chi connectivity index (χ1v) is 5.94. The quantitative estimate of drug-likeness (QED) is 0.761. The van der Waals surface area contributed by atoms with Crippen molar-refractivity contribution in [3.63, 3.8) is 0 Å². The van der Waals surface area contributed by atoms with Gasteiger partial charge in [0.2, 0.25) is 0 Å². The molecule has 3 nitrogen and oxygen atoms in total. The number of benzene rings is 2. The molecule has 3 rings (SSSR count). The Kier molecular flexibility index (Phi) is 2.82. The zero-order valence-corrected chi connectivity index (χ0v) is 10.2. The molecule has 0 bridgehead atoms. The van der Waals surface area contributed by atoms with E-state index in [4.69, 9.17) is 4.42 Å². The van der Waals surface area contributed by atoms with Gasteiger partial charge in [0.25, 0.3) is 0 Å². The average molecular weight is 238 g/mol. The molecule has 2 aromatic carbocycles. The number of hydrogen-bond donors (Lipinski definition) is 1. The third-order valence-corrected chi connectivity index (χ3v) is 3.00. The molecule has 0 saturated heterocycles. The Hall–Kier alpha value is -2.13. The van der Waals surface area contributed by atoms with E-state index in [0.717, 1.165) is 17.0 Å². The second-order valence-corrected chi connectivity index (χ2v) is 4.22. The van der Waals surface area contributed by atoms with Crippen molar-refractivity contribution in [2.24, 2.45) is 0 Å². The Morgan fingerprint density at radius 3 is 2.78 bits per heavy atom. The van der Waals surface area contributed by atoms with E-state index in [2.05, 4.69) is 40.6 Å². The molecule has 90 valence electrons. The third kappa shape index (κ3) is 1.89. The maximum atomic E-state index is 5.50. The predicted octanol–water partition coefficient (Wildman–Crippen LogP) is 3.21. The molecular formula is C15H14N2O. The summed E-state index contributed by atoms with van der Waals surface area (Å²) in [7, 11) is 1.90. The highest BCUT2D eigenvalue weighted by molar-refractivity contribution is 5.86. The lowest BCUT2D eigenvalue weighted by molar-refractivity contribution is 0.570.